The van der Waals surface area contributed by atoms with Crippen LogP contribution in [0.25, 0.3) is 0 Å². The molecular weight excluding hydrogens is 436 g/mol. The molecule has 1 aliphatic rings. The van der Waals surface area contributed by atoms with Gasteiger partial charge < -0.3 is 24.3 Å². The fourth-order valence-electron chi connectivity index (χ4n) is 4.23. The monoisotopic (exact) mass is 468 g/mol. The highest BCUT2D eigenvalue weighted by Gasteiger charge is 2.29. The molecule has 3 rings (SSSR count). The number of para-hydroxylation sites is 1. The smallest absolute Gasteiger partial charge is 0.341 e. The zero-order valence-electron chi connectivity index (χ0n) is 19.7. The molecule has 1 saturated heterocycles. The van der Waals surface area contributed by atoms with E-state index >= 15 is 0 Å². The number of esters is 1. The minimum Gasteiger partial charge on any atom is -0.493 e. The molecule has 0 aromatic heterocycles. The summed E-state index contributed by atoms with van der Waals surface area (Å²) in [4.78, 5) is 38.9. The molecule has 0 amide bonds. The molecule has 2 atom stereocenters. The van der Waals surface area contributed by atoms with Crippen LogP contribution in [0.4, 0.5) is 5.69 Å². The lowest BCUT2D eigenvalue weighted by atomic mass is 9.98. The van der Waals surface area contributed by atoms with Crippen LogP contribution in [0, 0.1) is 0 Å². The maximum atomic E-state index is 12.3. The van der Waals surface area contributed by atoms with Gasteiger partial charge in [-0.2, -0.15) is 0 Å². The third-order valence-corrected chi connectivity index (χ3v) is 5.83. The normalized spacial score (nSPS) is 15.3. The van der Waals surface area contributed by atoms with E-state index in [9.17, 15) is 19.5 Å². The lowest BCUT2D eigenvalue weighted by Crippen LogP contribution is -2.36. The SMILES string of the molecule is CCOC(=O)c1ccc(C(C=O)NC(C(=O)O)c2ccccc2N2CCCCC2)cc1OCC. The largest absolute Gasteiger partial charge is 0.493 e. The fourth-order valence-corrected chi connectivity index (χ4v) is 4.23. The first-order valence-corrected chi connectivity index (χ1v) is 11.7. The minimum absolute atomic E-state index is 0.224. The molecule has 1 aliphatic heterocycles. The molecular formula is C26H32N2O6. The number of carboxylic acid groups (broad SMARTS) is 1. The summed E-state index contributed by atoms with van der Waals surface area (Å²) < 4.78 is 10.7. The topological polar surface area (TPSA) is 105 Å². The second-order valence-electron chi connectivity index (χ2n) is 8.07. The highest BCUT2D eigenvalue weighted by atomic mass is 16.5. The first kappa shape index (κ1) is 25.2. The molecule has 0 bridgehead atoms. The second kappa shape index (κ2) is 12.2. The number of aliphatic carboxylic acids is 1. The van der Waals surface area contributed by atoms with Crippen LogP contribution in [0.5, 0.6) is 5.75 Å². The number of hydrogen-bond acceptors (Lipinski definition) is 7. The molecule has 2 aromatic rings. The Morgan fingerprint density at radius 2 is 1.82 bits per heavy atom. The van der Waals surface area contributed by atoms with Gasteiger partial charge in [-0.05, 0) is 56.9 Å². The summed E-state index contributed by atoms with van der Waals surface area (Å²) in [6, 6.07) is 10.1. The molecule has 182 valence electrons. The van der Waals surface area contributed by atoms with Crippen molar-refractivity contribution in [1.82, 2.24) is 5.32 Å². The number of ether oxygens (including phenoxy) is 2. The van der Waals surface area contributed by atoms with E-state index in [1.807, 2.05) is 12.1 Å². The summed E-state index contributed by atoms with van der Waals surface area (Å²) in [5.74, 6) is -1.32. The minimum atomic E-state index is -1.10. The predicted molar refractivity (Wildman–Crippen MR) is 128 cm³/mol. The van der Waals surface area contributed by atoms with E-state index in [2.05, 4.69) is 10.2 Å². The fraction of sp³-hybridized carbons (Fsp3) is 0.423. The maximum Gasteiger partial charge on any atom is 0.341 e. The number of carbonyl (C=O) groups is 3. The van der Waals surface area contributed by atoms with Crippen LogP contribution < -0.4 is 15.0 Å². The standard InChI is InChI=1S/C26H32N2O6/c1-3-33-23-16-18(12-13-20(23)26(32)34-4-2)21(17-29)27-24(25(30)31)19-10-6-7-11-22(19)28-14-8-5-9-15-28/h6-7,10-13,16-17,21,24,27H,3-5,8-9,14-15H2,1-2H3,(H,30,31). The summed E-state index contributed by atoms with van der Waals surface area (Å²) in [6.45, 7) is 5.78. The van der Waals surface area contributed by atoms with Crippen LogP contribution in [0.1, 0.15) is 66.7 Å². The Morgan fingerprint density at radius 3 is 2.47 bits per heavy atom. The third kappa shape index (κ3) is 5.94. The van der Waals surface area contributed by atoms with Gasteiger partial charge in [0.2, 0.25) is 0 Å². The number of nitrogens with one attached hydrogen (secondary N) is 1. The van der Waals surface area contributed by atoms with E-state index < -0.39 is 24.0 Å². The number of benzene rings is 2. The van der Waals surface area contributed by atoms with Gasteiger partial charge in [0.25, 0.3) is 0 Å². The van der Waals surface area contributed by atoms with E-state index in [0.717, 1.165) is 38.0 Å². The van der Waals surface area contributed by atoms with Crippen LogP contribution in [0.2, 0.25) is 0 Å². The molecule has 0 aliphatic carbocycles. The number of carbonyl (C=O) groups excluding carboxylic acids is 2. The highest BCUT2D eigenvalue weighted by Crippen LogP contribution is 2.31. The third-order valence-electron chi connectivity index (χ3n) is 5.83. The van der Waals surface area contributed by atoms with Crippen molar-refractivity contribution in [2.45, 2.75) is 45.2 Å². The Balaban J connectivity index is 1.92. The number of carboxylic acids is 1. The number of aldehydes is 1. The molecule has 0 spiro atoms. The van der Waals surface area contributed by atoms with Gasteiger partial charge in [0.05, 0.1) is 19.3 Å². The van der Waals surface area contributed by atoms with Crippen molar-refractivity contribution in [1.29, 1.82) is 0 Å². The Kier molecular flexibility index (Phi) is 9.04. The van der Waals surface area contributed by atoms with Gasteiger partial charge in [0, 0.05) is 24.3 Å². The Labute approximate surface area is 199 Å². The van der Waals surface area contributed by atoms with E-state index in [-0.39, 0.29) is 17.9 Å². The predicted octanol–water partition coefficient (Wildman–Crippen LogP) is 3.91. The molecule has 34 heavy (non-hydrogen) atoms. The van der Waals surface area contributed by atoms with Gasteiger partial charge in [-0.1, -0.05) is 24.3 Å². The average molecular weight is 469 g/mol. The van der Waals surface area contributed by atoms with Crippen molar-refractivity contribution in [3.63, 3.8) is 0 Å². The lowest BCUT2D eigenvalue weighted by molar-refractivity contribution is -0.140. The maximum absolute atomic E-state index is 12.3. The number of piperidine rings is 1. The Morgan fingerprint density at radius 1 is 1.09 bits per heavy atom. The van der Waals surface area contributed by atoms with Gasteiger partial charge in [-0.25, -0.2) is 4.79 Å². The van der Waals surface area contributed by atoms with Gasteiger partial charge in [0.1, 0.15) is 23.6 Å². The quantitative estimate of drug-likeness (QED) is 0.378. The van der Waals surface area contributed by atoms with Crippen LogP contribution in [0.3, 0.4) is 0 Å². The summed E-state index contributed by atoms with van der Waals surface area (Å²) in [5.41, 5.74) is 2.21. The summed E-state index contributed by atoms with van der Waals surface area (Å²) in [6.07, 6.45) is 3.94. The second-order valence-corrected chi connectivity index (χ2v) is 8.07. The van der Waals surface area contributed by atoms with Crippen molar-refractivity contribution >= 4 is 23.9 Å². The van der Waals surface area contributed by atoms with E-state index in [4.69, 9.17) is 9.47 Å². The first-order chi connectivity index (χ1) is 16.5. The molecule has 0 radical (unpaired) electrons. The molecule has 8 nitrogen and oxygen atoms in total. The first-order valence-electron chi connectivity index (χ1n) is 11.7. The van der Waals surface area contributed by atoms with Crippen molar-refractivity contribution < 1.29 is 29.0 Å². The zero-order chi connectivity index (χ0) is 24.5. The number of anilines is 1. The Hall–Kier alpha value is -3.39. The highest BCUT2D eigenvalue weighted by molar-refractivity contribution is 5.92. The molecule has 1 heterocycles. The molecule has 1 fully saturated rings. The summed E-state index contributed by atoms with van der Waals surface area (Å²) in [7, 11) is 0. The van der Waals surface area contributed by atoms with Gasteiger partial charge in [0.15, 0.2) is 0 Å². The zero-order valence-corrected chi connectivity index (χ0v) is 19.7. The molecule has 0 saturated carbocycles. The number of rotatable bonds is 11. The van der Waals surface area contributed by atoms with Gasteiger partial charge in [-0.15, -0.1) is 0 Å². The van der Waals surface area contributed by atoms with Crippen LogP contribution in [-0.4, -0.2) is 49.6 Å². The average Bonchev–Trinajstić information content (AvgIpc) is 2.85. The van der Waals surface area contributed by atoms with Crippen molar-refractivity contribution in [2.75, 3.05) is 31.2 Å². The lowest BCUT2D eigenvalue weighted by Gasteiger charge is -2.32. The number of nitrogens with zero attached hydrogens (tertiary/aromatic N) is 1. The van der Waals surface area contributed by atoms with Crippen molar-refractivity contribution in [3.05, 3.63) is 59.2 Å². The molecule has 8 heteroatoms. The number of hydrogen-bond donors (Lipinski definition) is 2. The molecule has 2 unspecified atom stereocenters. The van der Waals surface area contributed by atoms with E-state index in [0.29, 0.717) is 24.0 Å². The van der Waals surface area contributed by atoms with Crippen molar-refractivity contribution in [2.24, 2.45) is 0 Å². The van der Waals surface area contributed by atoms with Gasteiger partial charge >= 0.3 is 11.9 Å². The van der Waals surface area contributed by atoms with Gasteiger partial charge in [-0.3, -0.25) is 10.1 Å². The van der Waals surface area contributed by atoms with E-state index in [1.165, 1.54) is 6.07 Å². The van der Waals surface area contributed by atoms with Crippen LogP contribution in [-0.2, 0) is 14.3 Å². The van der Waals surface area contributed by atoms with E-state index in [1.54, 1.807) is 38.1 Å². The summed E-state index contributed by atoms with van der Waals surface area (Å²) in [5, 5.41) is 13.1. The molecule has 2 aromatic carbocycles. The van der Waals surface area contributed by atoms with Crippen LogP contribution in [0.15, 0.2) is 42.5 Å². The van der Waals surface area contributed by atoms with Crippen molar-refractivity contribution in [3.8, 4) is 5.75 Å². The van der Waals surface area contributed by atoms with Crippen LogP contribution >= 0.6 is 0 Å². The summed E-state index contributed by atoms with van der Waals surface area (Å²) >= 11 is 0. The molecule has 2 N–H and O–H groups in total. The Bertz CT molecular complexity index is 1000.